The lowest BCUT2D eigenvalue weighted by atomic mass is 10.2. The summed E-state index contributed by atoms with van der Waals surface area (Å²) in [4.78, 5) is 13.2. The molecule has 0 aliphatic rings. The molecule has 0 bridgehead atoms. The molecule has 2 aromatic rings. The highest BCUT2D eigenvalue weighted by atomic mass is 15.1. The maximum Gasteiger partial charge on any atom is 0.152 e. The number of nitrogens with one attached hydrogen (secondary N) is 1. The van der Waals surface area contributed by atoms with E-state index in [9.17, 15) is 0 Å². The maximum absolute atomic E-state index is 4.48. The zero-order valence-corrected chi connectivity index (χ0v) is 11.6. The molecule has 0 saturated heterocycles. The average molecular weight is 259 g/mol. The smallest absolute Gasteiger partial charge is 0.152 e. The van der Waals surface area contributed by atoms with E-state index in [0.717, 1.165) is 37.6 Å². The van der Waals surface area contributed by atoms with Crippen LogP contribution in [0.2, 0.25) is 0 Å². The molecule has 0 amide bonds. The summed E-state index contributed by atoms with van der Waals surface area (Å²) in [6.45, 7) is 6.19. The third kappa shape index (κ3) is 3.38. The van der Waals surface area contributed by atoms with Crippen molar-refractivity contribution in [1.29, 1.82) is 0 Å². The Bertz CT molecular complexity index is 480. The second-order valence-corrected chi connectivity index (χ2v) is 4.47. The van der Waals surface area contributed by atoms with Gasteiger partial charge in [0.25, 0.3) is 0 Å². The summed E-state index contributed by atoms with van der Waals surface area (Å²) in [6.07, 6.45) is 9.56. The molecule has 1 N–H and O–H groups in total. The molecule has 0 saturated carbocycles. The molecular formula is C14H21N5. The van der Waals surface area contributed by atoms with E-state index in [-0.39, 0.29) is 6.04 Å². The molecule has 2 heterocycles. The van der Waals surface area contributed by atoms with Crippen molar-refractivity contribution in [2.75, 3.05) is 6.54 Å². The van der Waals surface area contributed by atoms with Gasteiger partial charge in [-0.1, -0.05) is 13.8 Å². The van der Waals surface area contributed by atoms with Crippen molar-refractivity contribution in [2.24, 2.45) is 0 Å². The van der Waals surface area contributed by atoms with Gasteiger partial charge in [-0.05, 0) is 25.5 Å². The highest BCUT2D eigenvalue weighted by Crippen LogP contribution is 2.17. The van der Waals surface area contributed by atoms with Crippen LogP contribution >= 0.6 is 0 Å². The molecule has 0 aromatic carbocycles. The standard InChI is InChI=1S/C14H21N5/c1-3-6-15-12(13-16-7-5-8-17-13)14-18-9-11-19(14)10-4-2/h5,7-9,11-12,15H,3-4,6,10H2,1-2H3. The van der Waals surface area contributed by atoms with Crippen LogP contribution in [0, 0.1) is 0 Å². The summed E-state index contributed by atoms with van der Waals surface area (Å²) in [5, 5.41) is 3.48. The molecule has 1 atom stereocenters. The average Bonchev–Trinajstić information content (AvgIpc) is 2.89. The fourth-order valence-corrected chi connectivity index (χ4v) is 2.06. The number of nitrogens with zero attached hydrogens (tertiary/aromatic N) is 4. The Balaban J connectivity index is 2.29. The van der Waals surface area contributed by atoms with Crippen molar-refractivity contribution in [3.63, 3.8) is 0 Å². The molecule has 5 nitrogen and oxygen atoms in total. The molecule has 2 aromatic heterocycles. The number of aryl methyl sites for hydroxylation is 1. The third-order valence-corrected chi connectivity index (χ3v) is 2.91. The fraction of sp³-hybridized carbons (Fsp3) is 0.500. The van der Waals surface area contributed by atoms with E-state index in [1.54, 1.807) is 12.4 Å². The Labute approximate surface area is 114 Å². The van der Waals surface area contributed by atoms with Gasteiger partial charge in [-0.3, -0.25) is 0 Å². The zero-order chi connectivity index (χ0) is 13.5. The van der Waals surface area contributed by atoms with Gasteiger partial charge in [-0.25, -0.2) is 15.0 Å². The predicted octanol–water partition coefficient (Wildman–Crippen LogP) is 2.17. The van der Waals surface area contributed by atoms with Crippen molar-refractivity contribution in [2.45, 2.75) is 39.3 Å². The van der Waals surface area contributed by atoms with Crippen LogP contribution in [-0.2, 0) is 6.54 Å². The van der Waals surface area contributed by atoms with E-state index < -0.39 is 0 Å². The molecule has 1 unspecified atom stereocenters. The van der Waals surface area contributed by atoms with E-state index in [2.05, 4.69) is 38.7 Å². The lowest BCUT2D eigenvalue weighted by Crippen LogP contribution is -2.27. The largest absolute Gasteiger partial charge is 0.333 e. The van der Waals surface area contributed by atoms with Gasteiger partial charge in [0.2, 0.25) is 0 Å². The Hall–Kier alpha value is -1.75. The summed E-state index contributed by atoms with van der Waals surface area (Å²) in [7, 11) is 0. The Morgan fingerprint density at radius 1 is 1.11 bits per heavy atom. The van der Waals surface area contributed by atoms with E-state index in [1.807, 2.05) is 18.5 Å². The molecule has 0 fully saturated rings. The van der Waals surface area contributed by atoms with Crippen LogP contribution in [0.1, 0.15) is 44.4 Å². The highest BCUT2D eigenvalue weighted by Gasteiger charge is 2.20. The molecule has 102 valence electrons. The SMILES string of the molecule is CCCNC(c1ncccn1)c1nccn1CCC. The first-order valence-electron chi connectivity index (χ1n) is 6.88. The van der Waals surface area contributed by atoms with Gasteiger partial charge in [-0.15, -0.1) is 0 Å². The number of imidazole rings is 1. The quantitative estimate of drug-likeness (QED) is 0.828. The number of hydrogen-bond acceptors (Lipinski definition) is 4. The second kappa shape index (κ2) is 6.99. The van der Waals surface area contributed by atoms with Crippen molar-refractivity contribution in [3.05, 3.63) is 42.5 Å². The molecule has 0 spiro atoms. The minimum Gasteiger partial charge on any atom is -0.333 e. The van der Waals surface area contributed by atoms with E-state index >= 15 is 0 Å². The number of rotatable bonds is 7. The first kappa shape index (κ1) is 13.7. The van der Waals surface area contributed by atoms with Crippen LogP contribution in [0.15, 0.2) is 30.9 Å². The first-order valence-corrected chi connectivity index (χ1v) is 6.88. The monoisotopic (exact) mass is 259 g/mol. The Kier molecular flexibility index (Phi) is 5.03. The highest BCUT2D eigenvalue weighted by molar-refractivity contribution is 5.11. The van der Waals surface area contributed by atoms with Crippen molar-refractivity contribution >= 4 is 0 Å². The number of hydrogen-bond donors (Lipinski definition) is 1. The molecule has 5 heteroatoms. The summed E-state index contributed by atoms with van der Waals surface area (Å²) in [6, 6.07) is 1.79. The molecule has 0 aliphatic heterocycles. The number of aromatic nitrogens is 4. The molecule has 19 heavy (non-hydrogen) atoms. The minimum absolute atomic E-state index is 0.0392. The maximum atomic E-state index is 4.48. The van der Waals surface area contributed by atoms with Gasteiger partial charge in [0.05, 0.1) is 0 Å². The Morgan fingerprint density at radius 2 is 1.89 bits per heavy atom. The van der Waals surface area contributed by atoms with E-state index in [4.69, 9.17) is 0 Å². The van der Waals surface area contributed by atoms with Crippen LogP contribution in [0.4, 0.5) is 0 Å². The molecule has 0 aliphatic carbocycles. The van der Waals surface area contributed by atoms with Gasteiger partial charge in [0.15, 0.2) is 5.82 Å². The van der Waals surface area contributed by atoms with Crippen molar-refractivity contribution in [1.82, 2.24) is 24.8 Å². The van der Waals surface area contributed by atoms with Gasteiger partial charge >= 0.3 is 0 Å². The van der Waals surface area contributed by atoms with Gasteiger partial charge in [0.1, 0.15) is 11.9 Å². The van der Waals surface area contributed by atoms with Crippen LogP contribution in [0.25, 0.3) is 0 Å². The van der Waals surface area contributed by atoms with Gasteiger partial charge < -0.3 is 9.88 Å². The van der Waals surface area contributed by atoms with Crippen molar-refractivity contribution in [3.8, 4) is 0 Å². The van der Waals surface area contributed by atoms with Crippen LogP contribution in [-0.4, -0.2) is 26.1 Å². The fourth-order valence-electron chi connectivity index (χ4n) is 2.06. The third-order valence-electron chi connectivity index (χ3n) is 2.91. The molecule has 2 rings (SSSR count). The minimum atomic E-state index is -0.0392. The van der Waals surface area contributed by atoms with Crippen LogP contribution < -0.4 is 5.32 Å². The van der Waals surface area contributed by atoms with Crippen LogP contribution in [0.5, 0.6) is 0 Å². The lowest BCUT2D eigenvalue weighted by Gasteiger charge is -2.18. The Morgan fingerprint density at radius 3 is 2.58 bits per heavy atom. The molecular weight excluding hydrogens is 238 g/mol. The summed E-state index contributed by atoms with van der Waals surface area (Å²) in [5.41, 5.74) is 0. The lowest BCUT2D eigenvalue weighted by molar-refractivity contribution is 0.511. The zero-order valence-electron chi connectivity index (χ0n) is 11.6. The second-order valence-electron chi connectivity index (χ2n) is 4.47. The van der Waals surface area contributed by atoms with E-state index in [1.165, 1.54) is 0 Å². The first-order chi connectivity index (χ1) is 9.36. The van der Waals surface area contributed by atoms with Gasteiger partial charge in [0, 0.05) is 31.3 Å². The van der Waals surface area contributed by atoms with Gasteiger partial charge in [-0.2, -0.15) is 0 Å². The summed E-state index contributed by atoms with van der Waals surface area (Å²) in [5.74, 6) is 1.76. The van der Waals surface area contributed by atoms with E-state index in [0.29, 0.717) is 0 Å². The molecule has 0 radical (unpaired) electrons. The summed E-state index contributed by atoms with van der Waals surface area (Å²) < 4.78 is 2.17. The normalized spacial score (nSPS) is 12.5. The topological polar surface area (TPSA) is 55.6 Å². The summed E-state index contributed by atoms with van der Waals surface area (Å²) >= 11 is 0. The van der Waals surface area contributed by atoms with Crippen LogP contribution in [0.3, 0.4) is 0 Å². The predicted molar refractivity (Wildman–Crippen MR) is 74.7 cm³/mol. The van der Waals surface area contributed by atoms with Crippen molar-refractivity contribution < 1.29 is 0 Å².